The predicted molar refractivity (Wildman–Crippen MR) is 52.1 cm³/mol. The predicted octanol–water partition coefficient (Wildman–Crippen LogP) is 2.63. The maximum atomic E-state index is 11.3. The van der Waals surface area contributed by atoms with Gasteiger partial charge in [0, 0.05) is 0 Å². The van der Waals surface area contributed by atoms with Crippen LogP contribution in [-0.2, 0) is 4.74 Å². The fraction of sp³-hybridized carbons (Fsp3) is 0. The van der Waals surface area contributed by atoms with Crippen LogP contribution in [0.15, 0.2) is 43.7 Å². The number of hydrogen-bond donors (Lipinski definition) is 0. The maximum absolute atomic E-state index is 11.3. The molecule has 0 bridgehead atoms. The van der Waals surface area contributed by atoms with Gasteiger partial charge < -0.3 is 4.74 Å². The molecule has 0 N–H and O–H groups in total. The number of hydrogen-bond acceptors (Lipinski definition) is 2. The van der Waals surface area contributed by atoms with Crippen molar-refractivity contribution in [1.82, 2.24) is 0 Å². The summed E-state index contributed by atoms with van der Waals surface area (Å²) in [6.45, 7) is 6.91. The molecule has 2 nitrogen and oxygen atoms in total. The molecule has 0 aromatic heterocycles. The Morgan fingerprint density at radius 2 is 2.00 bits per heavy atom. The molecule has 0 fully saturated rings. The second-order valence-electron chi connectivity index (χ2n) is 2.36. The second-order valence-corrected chi connectivity index (χ2v) is 2.36. The van der Waals surface area contributed by atoms with Gasteiger partial charge in [0.2, 0.25) is 0 Å². The lowest BCUT2D eigenvalue weighted by molar-refractivity contribution is 0.0664. The molecule has 0 heterocycles. The average Bonchev–Trinajstić information content (AvgIpc) is 2.18. The first-order chi connectivity index (χ1) is 6.29. The topological polar surface area (TPSA) is 26.3 Å². The van der Waals surface area contributed by atoms with Crippen molar-refractivity contribution in [2.24, 2.45) is 0 Å². The fourth-order valence-corrected chi connectivity index (χ4v) is 1.00. The summed E-state index contributed by atoms with van der Waals surface area (Å²) in [5.41, 5.74) is 1.26. The molecule has 0 amide bonds. The molecule has 1 aromatic carbocycles. The Bertz CT molecular complexity index is 340. The summed E-state index contributed by atoms with van der Waals surface area (Å²) in [4.78, 5) is 11.3. The van der Waals surface area contributed by atoms with Crippen molar-refractivity contribution in [3.8, 4) is 0 Å². The van der Waals surface area contributed by atoms with E-state index in [1.165, 1.54) is 0 Å². The normalized spacial score (nSPS) is 8.92. The molecule has 0 atom stereocenters. The van der Waals surface area contributed by atoms with Gasteiger partial charge in [0.15, 0.2) is 0 Å². The van der Waals surface area contributed by atoms with Gasteiger partial charge in [-0.1, -0.05) is 37.4 Å². The fourth-order valence-electron chi connectivity index (χ4n) is 1.00. The van der Waals surface area contributed by atoms with E-state index in [1.807, 2.05) is 6.07 Å². The third-order valence-corrected chi connectivity index (χ3v) is 1.59. The van der Waals surface area contributed by atoms with E-state index in [2.05, 4.69) is 17.9 Å². The summed E-state index contributed by atoms with van der Waals surface area (Å²) >= 11 is 0. The largest absolute Gasteiger partial charge is 0.432 e. The minimum Gasteiger partial charge on any atom is -0.432 e. The molecular formula is C11H10O2. The molecule has 2 heteroatoms. The van der Waals surface area contributed by atoms with Crippen molar-refractivity contribution in [3.05, 3.63) is 54.8 Å². The van der Waals surface area contributed by atoms with Gasteiger partial charge in [-0.25, -0.2) is 4.79 Å². The van der Waals surface area contributed by atoms with E-state index in [9.17, 15) is 4.79 Å². The molecule has 0 spiro atoms. The second kappa shape index (κ2) is 4.26. The molecule has 0 aliphatic carbocycles. The zero-order valence-electron chi connectivity index (χ0n) is 7.19. The third-order valence-electron chi connectivity index (χ3n) is 1.59. The molecular weight excluding hydrogens is 164 g/mol. The zero-order valence-corrected chi connectivity index (χ0v) is 7.19. The lowest BCUT2D eigenvalue weighted by Crippen LogP contribution is -2.02. The first kappa shape index (κ1) is 9.26. The highest BCUT2D eigenvalue weighted by atomic mass is 16.5. The van der Waals surface area contributed by atoms with Gasteiger partial charge in [-0.05, 0) is 11.6 Å². The Morgan fingerprint density at radius 1 is 1.31 bits per heavy atom. The quantitative estimate of drug-likeness (QED) is 0.520. The first-order valence-corrected chi connectivity index (χ1v) is 3.83. The molecule has 0 unspecified atom stereocenters. The summed E-state index contributed by atoms with van der Waals surface area (Å²) < 4.78 is 4.65. The van der Waals surface area contributed by atoms with E-state index < -0.39 is 5.97 Å². The number of carbonyl (C=O) groups is 1. The molecule has 0 aliphatic heterocycles. The van der Waals surface area contributed by atoms with Crippen LogP contribution in [0, 0.1) is 0 Å². The molecule has 0 saturated heterocycles. The van der Waals surface area contributed by atoms with Crippen molar-refractivity contribution in [2.75, 3.05) is 0 Å². The molecule has 0 radical (unpaired) electrons. The van der Waals surface area contributed by atoms with Crippen molar-refractivity contribution >= 4 is 12.0 Å². The molecule has 1 rings (SSSR count). The van der Waals surface area contributed by atoms with Gasteiger partial charge in [0.1, 0.15) is 0 Å². The van der Waals surface area contributed by atoms with E-state index in [4.69, 9.17) is 0 Å². The van der Waals surface area contributed by atoms with Gasteiger partial charge in [-0.3, -0.25) is 0 Å². The highest BCUT2D eigenvalue weighted by molar-refractivity contribution is 5.93. The van der Waals surface area contributed by atoms with E-state index in [-0.39, 0.29) is 0 Å². The van der Waals surface area contributed by atoms with Gasteiger partial charge >= 0.3 is 5.97 Å². The van der Waals surface area contributed by atoms with Crippen LogP contribution in [0.2, 0.25) is 0 Å². The number of carbonyl (C=O) groups excluding carboxylic acids is 1. The number of rotatable bonds is 3. The van der Waals surface area contributed by atoms with Crippen LogP contribution in [0.5, 0.6) is 0 Å². The number of benzene rings is 1. The summed E-state index contributed by atoms with van der Waals surface area (Å²) in [6.07, 6.45) is 2.72. The molecule has 13 heavy (non-hydrogen) atoms. The Balaban J connectivity index is 3.05. The van der Waals surface area contributed by atoms with E-state index >= 15 is 0 Å². The van der Waals surface area contributed by atoms with Crippen LogP contribution in [0.1, 0.15) is 15.9 Å². The SMILES string of the molecule is C=COC(=O)c1ccccc1C=C. The monoisotopic (exact) mass is 174 g/mol. The smallest absolute Gasteiger partial charge is 0.343 e. The summed E-state index contributed by atoms with van der Waals surface area (Å²) in [5, 5.41) is 0. The lowest BCUT2D eigenvalue weighted by atomic mass is 10.1. The highest BCUT2D eigenvalue weighted by Crippen LogP contribution is 2.11. The first-order valence-electron chi connectivity index (χ1n) is 3.83. The summed E-state index contributed by atoms with van der Waals surface area (Å²) in [6, 6.07) is 7.09. The van der Waals surface area contributed by atoms with Crippen molar-refractivity contribution in [3.63, 3.8) is 0 Å². The number of ether oxygens (including phenoxy) is 1. The Hall–Kier alpha value is -1.83. The third kappa shape index (κ3) is 2.06. The molecule has 66 valence electrons. The van der Waals surface area contributed by atoms with Crippen molar-refractivity contribution in [2.45, 2.75) is 0 Å². The van der Waals surface area contributed by atoms with Crippen LogP contribution < -0.4 is 0 Å². The van der Waals surface area contributed by atoms with Gasteiger partial charge in [-0.15, -0.1) is 0 Å². The zero-order chi connectivity index (χ0) is 9.68. The van der Waals surface area contributed by atoms with E-state index in [0.717, 1.165) is 11.8 Å². The lowest BCUT2D eigenvalue weighted by Gasteiger charge is -2.02. The number of esters is 1. The minimum atomic E-state index is -0.412. The molecule has 0 saturated carbocycles. The van der Waals surface area contributed by atoms with Crippen molar-refractivity contribution < 1.29 is 9.53 Å². The van der Waals surface area contributed by atoms with Crippen LogP contribution in [0.4, 0.5) is 0 Å². The Labute approximate surface area is 77.2 Å². The molecule has 1 aromatic rings. The minimum absolute atomic E-state index is 0.412. The van der Waals surface area contributed by atoms with Crippen LogP contribution in [0.25, 0.3) is 6.08 Å². The Kier molecular flexibility index (Phi) is 3.03. The van der Waals surface area contributed by atoms with Gasteiger partial charge in [0.25, 0.3) is 0 Å². The van der Waals surface area contributed by atoms with Crippen LogP contribution in [-0.4, -0.2) is 5.97 Å². The van der Waals surface area contributed by atoms with E-state index in [0.29, 0.717) is 5.56 Å². The Morgan fingerprint density at radius 3 is 2.62 bits per heavy atom. The van der Waals surface area contributed by atoms with Crippen LogP contribution >= 0.6 is 0 Å². The molecule has 0 aliphatic rings. The standard InChI is InChI=1S/C11H10O2/c1-3-9-7-5-6-8-10(9)11(12)13-4-2/h3-8H,1-2H2. The maximum Gasteiger partial charge on any atom is 0.343 e. The van der Waals surface area contributed by atoms with Gasteiger partial charge in [-0.2, -0.15) is 0 Å². The van der Waals surface area contributed by atoms with Gasteiger partial charge in [0.05, 0.1) is 11.8 Å². The van der Waals surface area contributed by atoms with Crippen molar-refractivity contribution in [1.29, 1.82) is 0 Å². The highest BCUT2D eigenvalue weighted by Gasteiger charge is 2.08. The van der Waals surface area contributed by atoms with E-state index in [1.54, 1.807) is 24.3 Å². The summed E-state index contributed by atoms with van der Waals surface area (Å²) in [7, 11) is 0. The van der Waals surface area contributed by atoms with Crippen LogP contribution in [0.3, 0.4) is 0 Å². The average molecular weight is 174 g/mol. The summed E-state index contributed by atoms with van der Waals surface area (Å²) in [5.74, 6) is -0.412.